The Kier molecular flexibility index (Phi) is 2.50. The van der Waals surface area contributed by atoms with Crippen LogP contribution < -0.4 is 5.32 Å². The number of nitrogens with one attached hydrogen (secondary N) is 1. The fraction of sp³-hybridized carbons (Fsp3) is 0.455. The van der Waals surface area contributed by atoms with Gasteiger partial charge in [-0.2, -0.15) is 0 Å². The van der Waals surface area contributed by atoms with Crippen LogP contribution in [0, 0.1) is 0 Å². The average molecular weight is 177 g/mol. The Labute approximate surface area is 78.6 Å². The summed E-state index contributed by atoms with van der Waals surface area (Å²) in [4.78, 5) is 0. The molecule has 1 heterocycles. The Morgan fingerprint density at radius 2 is 2.23 bits per heavy atom. The molecule has 1 atom stereocenters. The highest BCUT2D eigenvalue weighted by atomic mass is 16.3. The second-order valence-electron chi connectivity index (χ2n) is 3.57. The van der Waals surface area contributed by atoms with Crippen molar-refractivity contribution in [3.63, 3.8) is 0 Å². The number of para-hydroxylation sites is 1. The van der Waals surface area contributed by atoms with Crippen LogP contribution in [0.15, 0.2) is 24.3 Å². The van der Waals surface area contributed by atoms with Crippen molar-refractivity contribution < 1.29 is 5.11 Å². The molecule has 0 saturated heterocycles. The third kappa shape index (κ3) is 1.83. The van der Waals surface area contributed by atoms with Gasteiger partial charge in [-0.3, -0.25) is 0 Å². The maximum absolute atomic E-state index is 9.08. The number of benzene rings is 1. The van der Waals surface area contributed by atoms with Gasteiger partial charge in [0.2, 0.25) is 0 Å². The minimum Gasteiger partial charge on any atom is -0.394 e. The number of anilines is 1. The molecule has 0 radical (unpaired) electrons. The van der Waals surface area contributed by atoms with Crippen LogP contribution in [0.25, 0.3) is 0 Å². The van der Waals surface area contributed by atoms with Gasteiger partial charge in [-0.05, 0) is 30.9 Å². The quantitative estimate of drug-likeness (QED) is 0.685. The van der Waals surface area contributed by atoms with Crippen LogP contribution in [-0.2, 0) is 6.42 Å². The molecule has 0 spiro atoms. The number of aliphatic hydroxyl groups excluding tert-OH is 1. The van der Waals surface area contributed by atoms with Crippen LogP contribution in [0.4, 0.5) is 5.69 Å². The van der Waals surface area contributed by atoms with E-state index in [-0.39, 0.29) is 12.6 Å². The lowest BCUT2D eigenvalue weighted by Gasteiger charge is -2.14. The zero-order chi connectivity index (χ0) is 9.10. The van der Waals surface area contributed by atoms with E-state index in [1.54, 1.807) is 0 Å². The van der Waals surface area contributed by atoms with Crippen LogP contribution in [0.1, 0.15) is 18.4 Å². The van der Waals surface area contributed by atoms with Crippen LogP contribution in [-0.4, -0.2) is 17.8 Å². The maximum atomic E-state index is 9.08. The van der Waals surface area contributed by atoms with E-state index in [4.69, 9.17) is 5.11 Å². The van der Waals surface area contributed by atoms with Crippen LogP contribution in [0.2, 0.25) is 0 Å². The van der Waals surface area contributed by atoms with E-state index in [0.717, 1.165) is 19.3 Å². The van der Waals surface area contributed by atoms with Gasteiger partial charge in [0.25, 0.3) is 0 Å². The average Bonchev–Trinajstić information content (AvgIpc) is 2.38. The molecule has 13 heavy (non-hydrogen) atoms. The Morgan fingerprint density at radius 3 is 3.08 bits per heavy atom. The minimum atomic E-state index is 0.230. The molecule has 70 valence electrons. The monoisotopic (exact) mass is 177 g/mol. The SMILES string of the molecule is OCC1CCCc2ccccc2N1. The minimum absolute atomic E-state index is 0.230. The predicted octanol–water partition coefficient (Wildman–Crippen LogP) is 1.80. The van der Waals surface area contributed by atoms with Gasteiger partial charge in [-0.25, -0.2) is 0 Å². The molecule has 2 N–H and O–H groups in total. The van der Waals surface area contributed by atoms with Crippen molar-refractivity contribution in [1.82, 2.24) is 0 Å². The first-order chi connectivity index (χ1) is 6.40. The lowest BCUT2D eigenvalue weighted by molar-refractivity contribution is 0.268. The molecule has 0 amide bonds. The Morgan fingerprint density at radius 1 is 1.38 bits per heavy atom. The molecule has 1 unspecified atom stereocenters. The Bertz CT molecular complexity index is 285. The third-order valence-electron chi connectivity index (χ3n) is 2.60. The number of aliphatic hydroxyl groups is 1. The smallest absolute Gasteiger partial charge is 0.0632 e. The summed E-state index contributed by atoms with van der Waals surface area (Å²) in [7, 11) is 0. The number of rotatable bonds is 1. The van der Waals surface area contributed by atoms with Crippen molar-refractivity contribution in [1.29, 1.82) is 0 Å². The van der Waals surface area contributed by atoms with Gasteiger partial charge in [0.15, 0.2) is 0 Å². The fourth-order valence-corrected chi connectivity index (χ4v) is 1.85. The second kappa shape index (κ2) is 3.79. The molecule has 2 heteroatoms. The largest absolute Gasteiger partial charge is 0.394 e. The topological polar surface area (TPSA) is 32.3 Å². The number of hydrogen-bond donors (Lipinski definition) is 2. The van der Waals surface area contributed by atoms with Gasteiger partial charge >= 0.3 is 0 Å². The third-order valence-corrected chi connectivity index (χ3v) is 2.60. The van der Waals surface area contributed by atoms with Gasteiger partial charge in [-0.1, -0.05) is 18.2 Å². The van der Waals surface area contributed by atoms with Crippen LogP contribution in [0.3, 0.4) is 0 Å². The zero-order valence-corrected chi connectivity index (χ0v) is 7.66. The van der Waals surface area contributed by atoms with E-state index in [9.17, 15) is 0 Å². The molecule has 1 aromatic rings. The standard InChI is InChI=1S/C11H15NO/c13-8-10-6-3-5-9-4-1-2-7-11(9)12-10/h1-2,4,7,10,12-13H,3,5-6,8H2. The summed E-state index contributed by atoms with van der Waals surface area (Å²) in [6.45, 7) is 0.230. The summed E-state index contributed by atoms with van der Waals surface area (Å²) in [6, 6.07) is 8.58. The first-order valence-corrected chi connectivity index (χ1v) is 4.85. The highest BCUT2D eigenvalue weighted by molar-refractivity contribution is 5.52. The zero-order valence-electron chi connectivity index (χ0n) is 7.66. The Hall–Kier alpha value is -1.02. The van der Waals surface area contributed by atoms with E-state index in [2.05, 4.69) is 23.5 Å². The lowest BCUT2D eigenvalue weighted by atomic mass is 10.1. The fourth-order valence-electron chi connectivity index (χ4n) is 1.85. The van der Waals surface area contributed by atoms with Crippen LogP contribution in [0.5, 0.6) is 0 Å². The van der Waals surface area contributed by atoms with E-state index in [1.807, 2.05) is 6.07 Å². The molecule has 0 bridgehead atoms. The summed E-state index contributed by atoms with van der Waals surface area (Å²) in [5.41, 5.74) is 2.57. The lowest BCUT2D eigenvalue weighted by Crippen LogP contribution is -2.22. The summed E-state index contributed by atoms with van der Waals surface area (Å²) in [5.74, 6) is 0. The molecule has 0 fully saturated rings. The van der Waals surface area contributed by atoms with Crippen molar-refractivity contribution in [3.8, 4) is 0 Å². The van der Waals surface area contributed by atoms with Crippen molar-refractivity contribution in [3.05, 3.63) is 29.8 Å². The highest BCUT2D eigenvalue weighted by Gasteiger charge is 2.13. The van der Waals surface area contributed by atoms with E-state index < -0.39 is 0 Å². The van der Waals surface area contributed by atoms with Gasteiger partial charge in [-0.15, -0.1) is 0 Å². The summed E-state index contributed by atoms with van der Waals surface area (Å²) < 4.78 is 0. The van der Waals surface area contributed by atoms with E-state index in [0.29, 0.717) is 0 Å². The Balaban J connectivity index is 2.23. The summed E-state index contributed by atoms with van der Waals surface area (Å²) in [6.07, 6.45) is 3.35. The molecule has 1 aromatic carbocycles. The van der Waals surface area contributed by atoms with Crippen LogP contribution >= 0.6 is 0 Å². The van der Waals surface area contributed by atoms with Gasteiger partial charge in [0.05, 0.1) is 6.61 Å². The second-order valence-corrected chi connectivity index (χ2v) is 3.57. The molecule has 2 nitrogen and oxygen atoms in total. The van der Waals surface area contributed by atoms with Crippen molar-refractivity contribution >= 4 is 5.69 Å². The van der Waals surface area contributed by atoms with Gasteiger partial charge in [0, 0.05) is 11.7 Å². The summed E-state index contributed by atoms with van der Waals surface area (Å²) >= 11 is 0. The van der Waals surface area contributed by atoms with E-state index in [1.165, 1.54) is 11.3 Å². The van der Waals surface area contributed by atoms with E-state index >= 15 is 0 Å². The number of aryl methyl sites for hydroxylation is 1. The van der Waals surface area contributed by atoms with Gasteiger partial charge < -0.3 is 10.4 Å². The van der Waals surface area contributed by atoms with Gasteiger partial charge in [0.1, 0.15) is 0 Å². The van der Waals surface area contributed by atoms with Crippen molar-refractivity contribution in [2.24, 2.45) is 0 Å². The van der Waals surface area contributed by atoms with Crippen molar-refractivity contribution in [2.75, 3.05) is 11.9 Å². The number of fused-ring (bicyclic) bond motifs is 1. The molecule has 0 aromatic heterocycles. The molecule has 0 saturated carbocycles. The predicted molar refractivity (Wildman–Crippen MR) is 53.9 cm³/mol. The number of hydrogen-bond acceptors (Lipinski definition) is 2. The molecular weight excluding hydrogens is 162 g/mol. The van der Waals surface area contributed by atoms with Crippen molar-refractivity contribution in [2.45, 2.75) is 25.3 Å². The first-order valence-electron chi connectivity index (χ1n) is 4.85. The molecule has 1 aliphatic rings. The first kappa shape index (κ1) is 8.57. The molecule has 2 rings (SSSR count). The molecular formula is C11H15NO. The highest BCUT2D eigenvalue weighted by Crippen LogP contribution is 2.23. The molecule has 1 aliphatic heterocycles. The summed E-state index contributed by atoms with van der Waals surface area (Å²) in [5, 5.41) is 12.4. The molecule has 0 aliphatic carbocycles. The maximum Gasteiger partial charge on any atom is 0.0632 e. The normalized spacial score (nSPS) is 21.5.